The Morgan fingerprint density at radius 3 is 2.30 bits per heavy atom. The molecule has 0 atom stereocenters. The van der Waals surface area contributed by atoms with Gasteiger partial charge in [0.15, 0.2) is 12.4 Å². The van der Waals surface area contributed by atoms with Crippen LogP contribution >= 0.6 is 0 Å². The lowest BCUT2D eigenvalue weighted by Gasteiger charge is -2.12. The molecule has 0 fully saturated rings. The number of nitrogens with zero attached hydrogens (tertiary/aromatic N) is 1. The van der Waals surface area contributed by atoms with Gasteiger partial charge in [-0.2, -0.15) is 0 Å². The lowest BCUT2D eigenvalue weighted by Crippen LogP contribution is -2.22. The third-order valence-corrected chi connectivity index (χ3v) is 5.00. The van der Waals surface area contributed by atoms with Crippen molar-refractivity contribution in [3.8, 4) is 22.6 Å². The van der Waals surface area contributed by atoms with Gasteiger partial charge in [-0.15, -0.1) is 0 Å². The van der Waals surface area contributed by atoms with Crippen molar-refractivity contribution >= 4 is 17.4 Å². The molecule has 3 rings (SSSR count). The van der Waals surface area contributed by atoms with E-state index in [0.717, 1.165) is 5.56 Å². The van der Waals surface area contributed by atoms with Crippen molar-refractivity contribution in [1.82, 2.24) is 5.32 Å². The zero-order chi connectivity index (χ0) is 23.8. The summed E-state index contributed by atoms with van der Waals surface area (Å²) < 4.78 is 10.9. The number of carbonyl (C=O) groups excluding carboxylic acids is 2. The third-order valence-electron chi connectivity index (χ3n) is 5.00. The van der Waals surface area contributed by atoms with Crippen molar-refractivity contribution in [2.24, 2.45) is 0 Å². The van der Waals surface area contributed by atoms with E-state index >= 15 is 0 Å². The first-order valence-electron chi connectivity index (χ1n) is 10.3. The van der Waals surface area contributed by atoms with Crippen LogP contribution in [0.15, 0.2) is 66.7 Å². The SMILES string of the molecule is COc1ccc(-c2cc([N+](=O)[O-])ccc2OCC(=O)c2ccc(CCNC(C)=O)cc2)cc1. The average Bonchev–Trinajstić information content (AvgIpc) is 2.82. The Morgan fingerprint density at radius 2 is 1.70 bits per heavy atom. The second-order valence-electron chi connectivity index (χ2n) is 7.31. The summed E-state index contributed by atoms with van der Waals surface area (Å²) in [7, 11) is 1.55. The first-order chi connectivity index (χ1) is 15.9. The highest BCUT2D eigenvalue weighted by Gasteiger charge is 2.15. The number of ketones is 1. The molecular formula is C25H24N2O6. The number of nitro groups is 1. The summed E-state index contributed by atoms with van der Waals surface area (Å²) in [6.45, 7) is 1.78. The van der Waals surface area contributed by atoms with E-state index in [0.29, 0.717) is 41.2 Å². The molecule has 0 spiro atoms. The molecule has 3 aromatic rings. The number of nitro benzene ring substituents is 1. The molecule has 0 heterocycles. The summed E-state index contributed by atoms with van der Waals surface area (Å²) in [5, 5.41) is 14.0. The zero-order valence-electron chi connectivity index (χ0n) is 18.4. The van der Waals surface area contributed by atoms with Crippen molar-refractivity contribution in [3.63, 3.8) is 0 Å². The Labute approximate surface area is 191 Å². The number of methoxy groups -OCH3 is 1. The lowest BCUT2D eigenvalue weighted by molar-refractivity contribution is -0.384. The number of carbonyl (C=O) groups is 2. The number of benzene rings is 3. The second-order valence-corrected chi connectivity index (χ2v) is 7.31. The maximum absolute atomic E-state index is 12.6. The molecule has 8 heteroatoms. The molecule has 8 nitrogen and oxygen atoms in total. The second kappa shape index (κ2) is 10.9. The summed E-state index contributed by atoms with van der Waals surface area (Å²) in [6, 6.07) is 18.4. The maximum atomic E-state index is 12.6. The van der Waals surface area contributed by atoms with Gasteiger partial charge in [0.2, 0.25) is 5.91 Å². The van der Waals surface area contributed by atoms with Gasteiger partial charge in [-0.1, -0.05) is 36.4 Å². The predicted octanol–water partition coefficient (Wildman–Crippen LogP) is 4.21. The van der Waals surface area contributed by atoms with Crippen LogP contribution in [0.25, 0.3) is 11.1 Å². The van der Waals surface area contributed by atoms with Crippen LogP contribution in [0.4, 0.5) is 5.69 Å². The number of rotatable bonds is 10. The largest absolute Gasteiger partial charge is 0.497 e. The van der Waals surface area contributed by atoms with Crippen LogP contribution in [0.1, 0.15) is 22.8 Å². The molecule has 0 bridgehead atoms. The molecule has 0 saturated carbocycles. The Morgan fingerprint density at radius 1 is 1.00 bits per heavy atom. The smallest absolute Gasteiger partial charge is 0.270 e. The van der Waals surface area contributed by atoms with E-state index < -0.39 is 4.92 Å². The van der Waals surface area contributed by atoms with Gasteiger partial charge in [0.05, 0.1) is 12.0 Å². The Bertz CT molecular complexity index is 1140. The van der Waals surface area contributed by atoms with Gasteiger partial charge >= 0.3 is 0 Å². The first-order valence-corrected chi connectivity index (χ1v) is 10.3. The van der Waals surface area contributed by atoms with Gasteiger partial charge in [0, 0.05) is 36.7 Å². The molecule has 33 heavy (non-hydrogen) atoms. The van der Waals surface area contributed by atoms with Crippen LogP contribution in [0.3, 0.4) is 0 Å². The number of nitrogens with one attached hydrogen (secondary N) is 1. The van der Waals surface area contributed by atoms with Crippen LogP contribution in [0.5, 0.6) is 11.5 Å². The van der Waals surface area contributed by atoms with E-state index in [4.69, 9.17) is 9.47 Å². The van der Waals surface area contributed by atoms with Gasteiger partial charge < -0.3 is 14.8 Å². The summed E-state index contributed by atoms with van der Waals surface area (Å²) in [5.74, 6) is 0.718. The molecule has 0 aliphatic carbocycles. The predicted molar refractivity (Wildman–Crippen MR) is 124 cm³/mol. The molecule has 1 N–H and O–H groups in total. The lowest BCUT2D eigenvalue weighted by atomic mass is 10.0. The van der Waals surface area contributed by atoms with Crippen molar-refractivity contribution in [3.05, 3.63) is 88.0 Å². The van der Waals surface area contributed by atoms with Gasteiger partial charge in [0.1, 0.15) is 11.5 Å². The Kier molecular flexibility index (Phi) is 7.75. The quantitative estimate of drug-likeness (QED) is 0.283. The van der Waals surface area contributed by atoms with Crippen LogP contribution in [-0.4, -0.2) is 36.9 Å². The summed E-state index contributed by atoms with van der Waals surface area (Å²) in [6.07, 6.45) is 0.665. The monoisotopic (exact) mass is 448 g/mol. The Hall–Kier alpha value is -4.20. The van der Waals surface area contributed by atoms with Gasteiger partial charge in [-0.05, 0) is 35.7 Å². The van der Waals surface area contributed by atoms with Gasteiger partial charge in [-0.3, -0.25) is 19.7 Å². The molecule has 0 unspecified atom stereocenters. The minimum atomic E-state index is -0.477. The maximum Gasteiger partial charge on any atom is 0.270 e. The average molecular weight is 448 g/mol. The molecule has 0 aromatic heterocycles. The Balaban J connectivity index is 1.72. The molecule has 3 aromatic carbocycles. The van der Waals surface area contributed by atoms with Crippen molar-refractivity contribution in [1.29, 1.82) is 0 Å². The van der Waals surface area contributed by atoms with Gasteiger partial charge in [0.25, 0.3) is 5.69 Å². The van der Waals surface area contributed by atoms with E-state index in [9.17, 15) is 19.7 Å². The van der Waals surface area contributed by atoms with Crippen LogP contribution in [0, 0.1) is 10.1 Å². The number of hydrogen-bond acceptors (Lipinski definition) is 6. The van der Waals surface area contributed by atoms with E-state index in [-0.39, 0.29) is 24.0 Å². The van der Waals surface area contributed by atoms with E-state index in [1.54, 1.807) is 43.5 Å². The minimum Gasteiger partial charge on any atom is -0.497 e. The number of Topliss-reactive ketones (excluding diaryl/α,β-unsaturated/α-hetero) is 1. The topological polar surface area (TPSA) is 108 Å². The normalized spacial score (nSPS) is 10.4. The molecular weight excluding hydrogens is 424 g/mol. The van der Waals surface area contributed by atoms with Crippen molar-refractivity contribution < 1.29 is 24.0 Å². The third kappa shape index (κ3) is 6.39. The zero-order valence-corrected chi connectivity index (χ0v) is 18.4. The van der Waals surface area contributed by atoms with Crippen LogP contribution in [-0.2, 0) is 11.2 Å². The highest BCUT2D eigenvalue weighted by Crippen LogP contribution is 2.34. The highest BCUT2D eigenvalue weighted by molar-refractivity contribution is 5.97. The molecule has 0 radical (unpaired) electrons. The minimum absolute atomic E-state index is 0.0747. The van der Waals surface area contributed by atoms with E-state index in [1.165, 1.54) is 25.1 Å². The highest BCUT2D eigenvalue weighted by atomic mass is 16.6. The standard InChI is InChI=1S/C25H24N2O6/c1-17(28)26-14-13-18-3-5-20(6-4-18)24(29)16-33-25-12-9-21(27(30)31)15-23(25)19-7-10-22(32-2)11-8-19/h3-12,15H,13-14,16H2,1-2H3,(H,26,28). The fraction of sp³-hybridized carbons (Fsp3) is 0.200. The summed E-state index contributed by atoms with van der Waals surface area (Å²) in [4.78, 5) is 34.4. The number of ether oxygens (including phenoxy) is 2. The molecule has 170 valence electrons. The number of amides is 1. The van der Waals surface area contributed by atoms with E-state index in [1.807, 2.05) is 12.1 Å². The summed E-state index contributed by atoms with van der Waals surface area (Å²) >= 11 is 0. The molecule has 0 aliphatic rings. The molecule has 0 saturated heterocycles. The molecule has 1 amide bonds. The van der Waals surface area contributed by atoms with Crippen molar-refractivity contribution in [2.45, 2.75) is 13.3 Å². The fourth-order valence-electron chi connectivity index (χ4n) is 3.22. The van der Waals surface area contributed by atoms with Gasteiger partial charge in [-0.25, -0.2) is 0 Å². The van der Waals surface area contributed by atoms with E-state index in [2.05, 4.69) is 5.32 Å². The number of hydrogen-bond donors (Lipinski definition) is 1. The number of non-ortho nitro benzene ring substituents is 1. The molecule has 0 aliphatic heterocycles. The van der Waals surface area contributed by atoms with Crippen molar-refractivity contribution in [2.75, 3.05) is 20.3 Å². The van der Waals surface area contributed by atoms with Crippen LogP contribution < -0.4 is 14.8 Å². The van der Waals surface area contributed by atoms with Crippen LogP contribution in [0.2, 0.25) is 0 Å². The fourth-order valence-corrected chi connectivity index (χ4v) is 3.22. The summed E-state index contributed by atoms with van der Waals surface area (Å²) in [5.41, 5.74) is 2.62. The first kappa shape index (κ1) is 23.5.